The van der Waals surface area contributed by atoms with Gasteiger partial charge >= 0.3 is 11.6 Å². The molecule has 1 amide bonds. The molecule has 0 aliphatic rings. The number of nitrogens with one attached hydrogen (secondary N) is 1. The minimum absolute atomic E-state index is 0.128. The lowest BCUT2D eigenvalue weighted by Crippen LogP contribution is -2.45. The molecule has 1 unspecified atom stereocenters. The van der Waals surface area contributed by atoms with Gasteiger partial charge < -0.3 is 19.2 Å². The van der Waals surface area contributed by atoms with Gasteiger partial charge in [-0.25, -0.2) is 9.59 Å². The molecule has 3 aromatic carbocycles. The normalized spacial score (nSPS) is 12.0. The number of carbonyl (C=O) groups excluding carboxylic acids is 2. The number of esters is 1. The minimum atomic E-state index is -0.864. The molecule has 1 aromatic heterocycles. The van der Waals surface area contributed by atoms with Crippen molar-refractivity contribution in [2.75, 3.05) is 6.61 Å². The molecule has 0 spiro atoms. The van der Waals surface area contributed by atoms with Crippen LogP contribution in [0.4, 0.5) is 0 Å². The Bertz CT molecular complexity index is 1420. The van der Waals surface area contributed by atoms with Crippen molar-refractivity contribution >= 4 is 33.6 Å². The summed E-state index contributed by atoms with van der Waals surface area (Å²) in [7, 11) is 0. The second-order valence-corrected chi connectivity index (χ2v) is 8.51. The lowest BCUT2D eigenvalue weighted by atomic mass is 10.0. The molecular weight excluding hydrogens is 446 g/mol. The van der Waals surface area contributed by atoms with Gasteiger partial charge in [0.05, 0.1) is 6.61 Å². The SMILES string of the molecule is CCOc1ccc(C(=O)NC(C(=O)OCc2cc(=O)oc3ccc4ccccc4c23)C(C)C)cc1. The van der Waals surface area contributed by atoms with E-state index >= 15 is 0 Å². The standard InChI is InChI=1S/C28H27NO6/c1-4-33-21-12-9-19(10-13-21)27(31)29-26(17(2)3)28(32)34-16-20-15-24(30)35-23-14-11-18-7-5-6-8-22(18)25(20)23/h5-15,17,26H,4,16H2,1-3H3,(H,29,31). The van der Waals surface area contributed by atoms with Crippen molar-refractivity contribution in [3.63, 3.8) is 0 Å². The number of hydrogen-bond donors (Lipinski definition) is 1. The highest BCUT2D eigenvalue weighted by Gasteiger charge is 2.26. The van der Waals surface area contributed by atoms with Crippen LogP contribution in [0.5, 0.6) is 5.75 Å². The minimum Gasteiger partial charge on any atom is -0.494 e. The quantitative estimate of drug-likeness (QED) is 0.223. The summed E-state index contributed by atoms with van der Waals surface area (Å²) in [6, 6.07) is 18.5. The number of fused-ring (bicyclic) bond motifs is 3. The van der Waals surface area contributed by atoms with E-state index in [2.05, 4.69) is 5.32 Å². The molecule has 0 aliphatic heterocycles. The van der Waals surface area contributed by atoms with Gasteiger partial charge in [0.1, 0.15) is 24.0 Å². The lowest BCUT2D eigenvalue weighted by Gasteiger charge is -2.21. The molecule has 7 heteroatoms. The fourth-order valence-corrected chi connectivity index (χ4v) is 3.96. The van der Waals surface area contributed by atoms with Crippen LogP contribution in [0, 0.1) is 5.92 Å². The van der Waals surface area contributed by atoms with Gasteiger partial charge in [0.25, 0.3) is 5.91 Å². The van der Waals surface area contributed by atoms with E-state index in [-0.39, 0.29) is 18.4 Å². The Labute approximate surface area is 202 Å². The maximum absolute atomic E-state index is 13.0. The van der Waals surface area contributed by atoms with Crippen LogP contribution in [0.1, 0.15) is 36.7 Å². The Morgan fingerprint density at radius 2 is 1.74 bits per heavy atom. The first-order valence-corrected chi connectivity index (χ1v) is 11.5. The Hall–Kier alpha value is -4.13. The molecule has 4 aromatic rings. The molecule has 4 rings (SSSR count). The Morgan fingerprint density at radius 1 is 1.00 bits per heavy atom. The molecule has 0 saturated heterocycles. The van der Waals surface area contributed by atoms with Crippen molar-refractivity contribution in [2.45, 2.75) is 33.4 Å². The molecule has 180 valence electrons. The van der Waals surface area contributed by atoms with Gasteiger partial charge in [-0.15, -0.1) is 0 Å². The monoisotopic (exact) mass is 473 g/mol. The van der Waals surface area contributed by atoms with E-state index in [0.29, 0.717) is 29.1 Å². The van der Waals surface area contributed by atoms with Crippen molar-refractivity contribution in [1.29, 1.82) is 0 Å². The van der Waals surface area contributed by atoms with Crippen LogP contribution in [0.3, 0.4) is 0 Å². The maximum Gasteiger partial charge on any atom is 0.336 e. The zero-order valence-corrected chi connectivity index (χ0v) is 19.9. The van der Waals surface area contributed by atoms with Crippen LogP contribution in [-0.4, -0.2) is 24.5 Å². The van der Waals surface area contributed by atoms with Gasteiger partial charge in [-0.2, -0.15) is 0 Å². The zero-order chi connectivity index (χ0) is 24.9. The van der Waals surface area contributed by atoms with E-state index in [4.69, 9.17) is 13.9 Å². The molecule has 1 N–H and O–H groups in total. The van der Waals surface area contributed by atoms with Crippen molar-refractivity contribution in [1.82, 2.24) is 5.32 Å². The van der Waals surface area contributed by atoms with E-state index in [1.54, 1.807) is 30.3 Å². The third kappa shape index (κ3) is 5.35. The molecular formula is C28H27NO6. The summed E-state index contributed by atoms with van der Waals surface area (Å²) in [4.78, 5) is 37.9. The van der Waals surface area contributed by atoms with E-state index in [1.165, 1.54) is 6.07 Å². The fraction of sp³-hybridized carbons (Fsp3) is 0.250. The first-order chi connectivity index (χ1) is 16.9. The number of benzene rings is 3. The largest absolute Gasteiger partial charge is 0.494 e. The Kier molecular flexibility index (Phi) is 7.15. The zero-order valence-electron chi connectivity index (χ0n) is 19.9. The van der Waals surface area contributed by atoms with Crippen LogP contribution in [0.15, 0.2) is 75.9 Å². The number of rotatable bonds is 8. The predicted octanol–water partition coefficient (Wildman–Crippen LogP) is 4.84. The smallest absolute Gasteiger partial charge is 0.336 e. The second kappa shape index (κ2) is 10.4. The van der Waals surface area contributed by atoms with Crippen LogP contribution < -0.4 is 15.7 Å². The molecule has 7 nitrogen and oxygen atoms in total. The van der Waals surface area contributed by atoms with E-state index in [9.17, 15) is 14.4 Å². The van der Waals surface area contributed by atoms with E-state index < -0.39 is 17.6 Å². The summed E-state index contributed by atoms with van der Waals surface area (Å²) in [6.45, 7) is 5.93. The van der Waals surface area contributed by atoms with Gasteiger partial charge in [0, 0.05) is 22.6 Å². The van der Waals surface area contributed by atoms with E-state index in [1.807, 2.05) is 51.1 Å². The average molecular weight is 474 g/mol. The lowest BCUT2D eigenvalue weighted by molar-refractivity contribution is -0.148. The van der Waals surface area contributed by atoms with Crippen molar-refractivity contribution in [3.8, 4) is 5.75 Å². The molecule has 0 bridgehead atoms. The van der Waals surface area contributed by atoms with Crippen LogP contribution in [0.25, 0.3) is 21.7 Å². The van der Waals surface area contributed by atoms with Crippen LogP contribution in [-0.2, 0) is 16.1 Å². The van der Waals surface area contributed by atoms with Crippen molar-refractivity contribution in [3.05, 3.63) is 88.3 Å². The molecule has 1 atom stereocenters. The summed E-state index contributed by atoms with van der Waals surface area (Å²) in [5, 5.41) is 5.35. The summed E-state index contributed by atoms with van der Waals surface area (Å²) in [5.41, 5.74) is 0.848. The summed E-state index contributed by atoms with van der Waals surface area (Å²) < 4.78 is 16.4. The Morgan fingerprint density at radius 3 is 2.46 bits per heavy atom. The molecule has 35 heavy (non-hydrogen) atoms. The molecule has 0 radical (unpaired) electrons. The summed E-state index contributed by atoms with van der Waals surface area (Å²) >= 11 is 0. The highest BCUT2D eigenvalue weighted by molar-refractivity contribution is 6.07. The Balaban J connectivity index is 1.53. The number of ether oxygens (including phenoxy) is 2. The van der Waals surface area contributed by atoms with Gasteiger partial charge in [0.15, 0.2) is 0 Å². The average Bonchev–Trinajstić information content (AvgIpc) is 2.85. The molecule has 0 saturated carbocycles. The number of carbonyl (C=O) groups is 2. The van der Waals surface area contributed by atoms with Gasteiger partial charge in [0.2, 0.25) is 0 Å². The fourth-order valence-electron chi connectivity index (χ4n) is 3.96. The van der Waals surface area contributed by atoms with Crippen molar-refractivity contribution < 1.29 is 23.5 Å². The van der Waals surface area contributed by atoms with Gasteiger partial charge in [-0.3, -0.25) is 4.79 Å². The third-order valence-corrected chi connectivity index (χ3v) is 5.72. The van der Waals surface area contributed by atoms with Gasteiger partial charge in [-0.1, -0.05) is 44.2 Å². The number of amides is 1. The first-order valence-electron chi connectivity index (χ1n) is 11.5. The maximum atomic E-state index is 13.0. The van der Waals surface area contributed by atoms with Crippen molar-refractivity contribution in [2.24, 2.45) is 5.92 Å². The number of hydrogen-bond acceptors (Lipinski definition) is 6. The summed E-state index contributed by atoms with van der Waals surface area (Å²) in [5.74, 6) is -0.523. The molecule has 0 fully saturated rings. The highest BCUT2D eigenvalue weighted by atomic mass is 16.5. The third-order valence-electron chi connectivity index (χ3n) is 5.72. The van der Waals surface area contributed by atoms with Crippen LogP contribution >= 0.6 is 0 Å². The van der Waals surface area contributed by atoms with E-state index in [0.717, 1.165) is 16.2 Å². The topological polar surface area (TPSA) is 94.8 Å². The first kappa shape index (κ1) is 24.0. The second-order valence-electron chi connectivity index (χ2n) is 8.51. The highest BCUT2D eigenvalue weighted by Crippen LogP contribution is 2.28. The van der Waals surface area contributed by atoms with Gasteiger partial charge in [-0.05, 0) is 53.9 Å². The molecule has 0 aliphatic carbocycles. The molecule has 1 heterocycles. The predicted molar refractivity (Wildman–Crippen MR) is 133 cm³/mol. The summed E-state index contributed by atoms with van der Waals surface area (Å²) in [6.07, 6.45) is 0. The van der Waals surface area contributed by atoms with Crippen LogP contribution in [0.2, 0.25) is 0 Å².